The summed E-state index contributed by atoms with van der Waals surface area (Å²) in [5.41, 5.74) is 4.95. The molecule has 142 valence electrons. The van der Waals surface area contributed by atoms with E-state index in [1.165, 1.54) is 16.7 Å². The van der Waals surface area contributed by atoms with Crippen LogP contribution in [0.3, 0.4) is 0 Å². The number of oxazole rings is 1. The smallest absolute Gasteiger partial charge is 0.281 e. The number of rotatable bonds is 2. The number of aryl methyl sites for hydroxylation is 1. The fraction of sp³-hybridized carbons (Fsp3) is 0.200. The number of nitrogen functional groups attached to an aromatic ring is 1. The molecule has 5 nitrogen and oxygen atoms in total. The Hall–Kier alpha value is -3.29. The van der Waals surface area contributed by atoms with Crippen LogP contribution in [0, 0.1) is 24.4 Å². The number of aromatic nitrogens is 2. The average molecular weight is 385 g/mol. The van der Waals surface area contributed by atoms with E-state index >= 15 is 0 Å². The van der Waals surface area contributed by atoms with Gasteiger partial charge in [-0.1, -0.05) is 0 Å². The summed E-state index contributed by atoms with van der Waals surface area (Å²) in [4.78, 5) is 17.1. The number of nitrogens with zero attached hydrogens (tertiary/aromatic N) is 2. The van der Waals surface area contributed by atoms with Crippen LogP contribution in [0.5, 0.6) is 0 Å². The first kappa shape index (κ1) is 16.9. The molecule has 1 fully saturated rings. The van der Waals surface area contributed by atoms with Gasteiger partial charge in [0.15, 0.2) is 17.0 Å². The second-order valence-electron chi connectivity index (χ2n) is 7.02. The molecule has 0 aliphatic heterocycles. The molecule has 2 N–H and O–H groups in total. The number of anilines is 1. The van der Waals surface area contributed by atoms with Gasteiger partial charge in [0, 0.05) is 35.5 Å². The number of hydrogen-bond donors (Lipinski definition) is 1. The van der Waals surface area contributed by atoms with Crippen LogP contribution in [0.2, 0.25) is 0 Å². The van der Waals surface area contributed by atoms with E-state index in [2.05, 4.69) is 4.98 Å². The molecule has 0 bridgehead atoms. The van der Waals surface area contributed by atoms with Crippen molar-refractivity contribution in [3.8, 4) is 11.1 Å². The number of benzene rings is 2. The van der Waals surface area contributed by atoms with Crippen LogP contribution in [-0.4, -0.2) is 9.55 Å². The number of nitrogens with two attached hydrogens (primary N) is 1. The Morgan fingerprint density at radius 3 is 2.46 bits per heavy atom. The van der Waals surface area contributed by atoms with Crippen LogP contribution in [0.1, 0.15) is 24.8 Å². The highest BCUT2D eigenvalue weighted by Gasteiger charge is 2.29. The Labute approximate surface area is 156 Å². The fourth-order valence-electron chi connectivity index (χ4n) is 3.59. The minimum Gasteiger partial charge on any atom is -0.440 e. The minimum absolute atomic E-state index is 0.0391. The Bertz CT molecular complexity index is 1350. The average Bonchev–Trinajstić information content (AvgIpc) is 3.39. The highest BCUT2D eigenvalue weighted by atomic mass is 19.1. The van der Waals surface area contributed by atoms with Crippen molar-refractivity contribution in [2.75, 3.05) is 5.73 Å². The van der Waals surface area contributed by atoms with Crippen molar-refractivity contribution in [1.82, 2.24) is 9.55 Å². The summed E-state index contributed by atoms with van der Waals surface area (Å²) in [6.45, 7) is 1.60. The molecule has 2 heterocycles. The molecule has 28 heavy (non-hydrogen) atoms. The molecule has 0 atom stereocenters. The van der Waals surface area contributed by atoms with E-state index in [0.717, 1.165) is 25.0 Å². The van der Waals surface area contributed by atoms with Crippen molar-refractivity contribution in [2.24, 2.45) is 0 Å². The first-order valence-electron chi connectivity index (χ1n) is 8.75. The number of halogens is 3. The van der Waals surface area contributed by atoms with Gasteiger partial charge in [-0.25, -0.2) is 18.2 Å². The van der Waals surface area contributed by atoms with Crippen LogP contribution in [0.4, 0.5) is 18.9 Å². The third kappa shape index (κ3) is 2.33. The lowest BCUT2D eigenvalue weighted by molar-refractivity contribution is 0.563. The maximum Gasteiger partial charge on any atom is 0.281 e. The fourth-order valence-corrected chi connectivity index (χ4v) is 3.59. The second kappa shape index (κ2) is 5.60. The largest absolute Gasteiger partial charge is 0.440 e. The van der Waals surface area contributed by atoms with Gasteiger partial charge in [-0.05, 0) is 31.0 Å². The molecule has 0 unspecified atom stereocenters. The van der Waals surface area contributed by atoms with Gasteiger partial charge in [0.05, 0.1) is 11.2 Å². The molecule has 1 aliphatic rings. The lowest BCUT2D eigenvalue weighted by atomic mass is 10.0. The van der Waals surface area contributed by atoms with Crippen molar-refractivity contribution in [2.45, 2.75) is 25.8 Å². The van der Waals surface area contributed by atoms with Gasteiger partial charge in [0.1, 0.15) is 17.5 Å². The summed E-state index contributed by atoms with van der Waals surface area (Å²) in [5.74, 6) is -2.18. The van der Waals surface area contributed by atoms with E-state index < -0.39 is 17.5 Å². The van der Waals surface area contributed by atoms with Gasteiger partial charge in [-0.15, -0.1) is 0 Å². The van der Waals surface area contributed by atoms with Gasteiger partial charge in [0.2, 0.25) is 0 Å². The SMILES string of the molecule is Cc1nc2c(=O)n(C3CC3)c3cc(-c4cc(F)c(N)cc4F)c(F)cc3c2o1. The summed E-state index contributed by atoms with van der Waals surface area (Å²) in [6, 6.07) is 4.15. The molecule has 0 saturated heterocycles. The van der Waals surface area contributed by atoms with Crippen molar-refractivity contribution in [1.29, 1.82) is 0 Å². The van der Waals surface area contributed by atoms with E-state index in [4.69, 9.17) is 10.2 Å². The third-order valence-corrected chi connectivity index (χ3v) is 5.03. The van der Waals surface area contributed by atoms with Crippen molar-refractivity contribution < 1.29 is 17.6 Å². The molecule has 2 aromatic heterocycles. The molecular formula is C20H14F3N3O2. The first-order valence-corrected chi connectivity index (χ1v) is 8.75. The van der Waals surface area contributed by atoms with Gasteiger partial charge in [-0.3, -0.25) is 4.79 Å². The Kier molecular flexibility index (Phi) is 3.37. The van der Waals surface area contributed by atoms with Crippen LogP contribution < -0.4 is 11.3 Å². The highest BCUT2D eigenvalue weighted by Crippen LogP contribution is 2.39. The van der Waals surface area contributed by atoms with Gasteiger partial charge in [0.25, 0.3) is 5.56 Å². The van der Waals surface area contributed by atoms with Crippen LogP contribution >= 0.6 is 0 Å². The molecule has 0 spiro atoms. The summed E-state index contributed by atoms with van der Waals surface area (Å²) < 4.78 is 50.3. The Balaban J connectivity index is 1.91. The van der Waals surface area contributed by atoms with Crippen molar-refractivity contribution in [3.63, 3.8) is 0 Å². The summed E-state index contributed by atoms with van der Waals surface area (Å²) in [6.07, 6.45) is 1.60. The molecule has 0 amide bonds. The van der Waals surface area contributed by atoms with Gasteiger partial charge < -0.3 is 14.7 Å². The zero-order valence-electron chi connectivity index (χ0n) is 14.7. The molecule has 2 aromatic carbocycles. The normalized spacial score (nSPS) is 14.3. The van der Waals surface area contributed by atoms with Crippen LogP contribution in [-0.2, 0) is 0 Å². The van der Waals surface area contributed by atoms with Crippen molar-refractivity contribution >= 4 is 27.7 Å². The maximum atomic E-state index is 14.9. The van der Waals surface area contributed by atoms with Gasteiger partial charge in [-0.2, -0.15) is 0 Å². The van der Waals surface area contributed by atoms with Crippen molar-refractivity contribution in [3.05, 3.63) is 58.0 Å². The van der Waals surface area contributed by atoms with Crippen LogP contribution in [0.15, 0.2) is 33.5 Å². The number of pyridine rings is 1. The van der Waals surface area contributed by atoms with E-state index in [1.807, 2.05) is 0 Å². The Morgan fingerprint density at radius 2 is 1.75 bits per heavy atom. The number of fused-ring (bicyclic) bond motifs is 3. The highest BCUT2D eigenvalue weighted by molar-refractivity contribution is 6.02. The maximum absolute atomic E-state index is 14.9. The molecule has 1 saturated carbocycles. The predicted molar refractivity (Wildman–Crippen MR) is 98.5 cm³/mol. The lowest BCUT2D eigenvalue weighted by Gasteiger charge is -2.13. The molecule has 0 radical (unpaired) electrons. The molecule has 1 aliphatic carbocycles. The second-order valence-corrected chi connectivity index (χ2v) is 7.02. The topological polar surface area (TPSA) is 74.0 Å². The van der Waals surface area contributed by atoms with E-state index in [0.29, 0.717) is 10.9 Å². The monoisotopic (exact) mass is 385 g/mol. The van der Waals surface area contributed by atoms with Crippen LogP contribution in [0.25, 0.3) is 33.1 Å². The zero-order chi connectivity index (χ0) is 19.7. The quantitative estimate of drug-likeness (QED) is 0.517. The Morgan fingerprint density at radius 1 is 1.07 bits per heavy atom. The third-order valence-electron chi connectivity index (χ3n) is 5.03. The summed E-state index contributed by atoms with van der Waals surface area (Å²) in [5, 5.41) is 0.361. The predicted octanol–water partition coefficient (Wildman–Crippen LogP) is 4.45. The molecule has 4 aromatic rings. The van der Waals surface area contributed by atoms with Gasteiger partial charge >= 0.3 is 0 Å². The number of hydrogen-bond acceptors (Lipinski definition) is 4. The first-order chi connectivity index (χ1) is 13.3. The van der Waals surface area contributed by atoms with E-state index in [9.17, 15) is 18.0 Å². The standard InChI is InChI=1S/C20H14F3N3O2/c1-8-25-18-19(28-8)12-5-13(21)11(10-4-15(23)16(24)7-14(10)22)6-17(12)26(20(18)27)9-2-3-9/h4-7,9H,2-3,24H2,1H3. The van der Waals surface area contributed by atoms with E-state index in [1.54, 1.807) is 6.92 Å². The molecular weight excluding hydrogens is 371 g/mol. The summed E-state index contributed by atoms with van der Waals surface area (Å²) >= 11 is 0. The summed E-state index contributed by atoms with van der Waals surface area (Å²) in [7, 11) is 0. The van der Waals surface area contributed by atoms with E-state index in [-0.39, 0.29) is 45.4 Å². The molecule has 5 rings (SSSR count). The molecule has 8 heteroatoms. The minimum atomic E-state index is -0.853. The lowest BCUT2D eigenvalue weighted by Crippen LogP contribution is -2.20. The zero-order valence-corrected chi connectivity index (χ0v) is 14.7.